The Hall–Kier alpha value is -3.44. The lowest BCUT2D eigenvalue weighted by Gasteiger charge is -2.06. The zero-order valence-corrected chi connectivity index (χ0v) is 17.0. The maximum Gasteiger partial charge on any atom is 0.231 e. The van der Waals surface area contributed by atoms with E-state index in [0.717, 1.165) is 28.5 Å². The third-order valence-electron chi connectivity index (χ3n) is 4.86. The molecule has 150 valence electrons. The second kappa shape index (κ2) is 7.76. The Labute approximate surface area is 178 Å². The molecular weight excluding hydrogens is 402 g/mol. The Balaban J connectivity index is 1.34. The van der Waals surface area contributed by atoms with E-state index in [1.165, 1.54) is 0 Å². The van der Waals surface area contributed by atoms with Crippen molar-refractivity contribution in [3.63, 3.8) is 0 Å². The Morgan fingerprint density at radius 3 is 2.40 bits per heavy atom. The summed E-state index contributed by atoms with van der Waals surface area (Å²) in [7, 11) is 0. The van der Waals surface area contributed by atoms with Crippen LogP contribution in [0.4, 0.5) is 0 Å². The van der Waals surface area contributed by atoms with Crippen molar-refractivity contribution in [1.82, 2.24) is 4.98 Å². The fourth-order valence-corrected chi connectivity index (χ4v) is 3.52. The highest BCUT2D eigenvalue weighted by Gasteiger charge is 2.21. The van der Waals surface area contributed by atoms with Crippen molar-refractivity contribution in [2.45, 2.75) is 13.3 Å². The number of nitrogens with zero attached hydrogens (tertiary/aromatic N) is 1. The first-order chi connectivity index (χ1) is 14.7. The van der Waals surface area contributed by atoms with Gasteiger partial charge >= 0.3 is 0 Å². The lowest BCUT2D eigenvalue weighted by molar-refractivity contribution is 0.174. The fraction of sp³-hybridized carbons (Fsp3) is 0.125. The predicted molar refractivity (Wildman–Crippen MR) is 114 cm³/mol. The summed E-state index contributed by atoms with van der Waals surface area (Å²) < 4.78 is 22.5. The Morgan fingerprint density at radius 1 is 0.933 bits per heavy atom. The van der Waals surface area contributed by atoms with Gasteiger partial charge in [0.05, 0.1) is 16.3 Å². The number of aromatic nitrogens is 1. The highest BCUT2D eigenvalue weighted by molar-refractivity contribution is 6.33. The van der Waals surface area contributed by atoms with E-state index in [1.54, 1.807) is 12.1 Å². The number of oxazole rings is 1. The number of rotatable bonds is 5. The molecule has 0 saturated heterocycles. The van der Waals surface area contributed by atoms with Crippen molar-refractivity contribution in [3.05, 3.63) is 88.8 Å². The summed E-state index contributed by atoms with van der Waals surface area (Å²) in [5.41, 5.74) is 2.65. The summed E-state index contributed by atoms with van der Waals surface area (Å²) in [6, 6.07) is 21.2. The maximum absolute atomic E-state index is 6.40. The zero-order valence-electron chi connectivity index (χ0n) is 16.2. The number of hydrogen-bond acceptors (Lipinski definition) is 5. The number of fused-ring (bicyclic) bond motifs is 1. The van der Waals surface area contributed by atoms with E-state index in [-0.39, 0.29) is 6.79 Å². The van der Waals surface area contributed by atoms with Crippen molar-refractivity contribution >= 4 is 11.6 Å². The molecule has 0 radical (unpaired) electrons. The van der Waals surface area contributed by atoms with E-state index < -0.39 is 0 Å². The van der Waals surface area contributed by atoms with Crippen molar-refractivity contribution in [3.8, 4) is 34.5 Å². The lowest BCUT2D eigenvalue weighted by atomic mass is 10.1. The molecule has 5 rings (SSSR count). The standard InChI is InChI=1S/C24H18ClNO4/c1-15-21(11-16-7-9-18(10-8-16)30-17-5-3-2-4-6-17)26-24(29-15)19-12-22-23(13-20(19)25)28-14-27-22/h2-10,12-13H,11,14H2,1H3. The predicted octanol–water partition coefficient (Wildman–Crippen LogP) is 6.42. The Bertz CT molecular complexity index is 1190. The molecule has 3 aromatic carbocycles. The van der Waals surface area contributed by atoms with Gasteiger partial charge in [-0.15, -0.1) is 0 Å². The van der Waals surface area contributed by atoms with Crippen molar-refractivity contribution < 1.29 is 18.6 Å². The van der Waals surface area contributed by atoms with Gasteiger partial charge in [0.2, 0.25) is 12.7 Å². The summed E-state index contributed by atoms with van der Waals surface area (Å²) in [5, 5.41) is 0.509. The van der Waals surface area contributed by atoms with Gasteiger partial charge in [0.15, 0.2) is 11.5 Å². The Morgan fingerprint density at radius 2 is 1.63 bits per heavy atom. The molecule has 0 unspecified atom stereocenters. The van der Waals surface area contributed by atoms with E-state index in [2.05, 4.69) is 4.98 Å². The van der Waals surface area contributed by atoms with Crippen LogP contribution in [0.5, 0.6) is 23.0 Å². The number of benzene rings is 3. The molecule has 0 spiro atoms. The fourth-order valence-electron chi connectivity index (χ4n) is 3.28. The first kappa shape index (κ1) is 18.6. The molecule has 1 aromatic heterocycles. The second-order valence-electron chi connectivity index (χ2n) is 6.94. The third-order valence-corrected chi connectivity index (χ3v) is 5.17. The molecule has 0 aliphatic carbocycles. The van der Waals surface area contributed by atoms with E-state index in [9.17, 15) is 0 Å². The van der Waals surface area contributed by atoms with E-state index in [1.807, 2.05) is 61.5 Å². The van der Waals surface area contributed by atoms with Gasteiger partial charge in [0, 0.05) is 12.5 Å². The van der Waals surface area contributed by atoms with Gasteiger partial charge in [0.1, 0.15) is 17.3 Å². The number of halogens is 1. The van der Waals surface area contributed by atoms with Gasteiger partial charge in [-0.3, -0.25) is 0 Å². The largest absolute Gasteiger partial charge is 0.457 e. The molecule has 0 saturated carbocycles. The summed E-state index contributed by atoms with van der Waals surface area (Å²) in [6.45, 7) is 2.09. The number of para-hydroxylation sites is 1. The quantitative estimate of drug-likeness (QED) is 0.374. The minimum absolute atomic E-state index is 0.189. The van der Waals surface area contributed by atoms with Gasteiger partial charge in [0.25, 0.3) is 0 Å². The molecule has 4 aromatic rings. The molecule has 1 aliphatic rings. The molecule has 0 N–H and O–H groups in total. The number of ether oxygens (including phenoxy) is 3. The summed E-state index contributed by atoms with van der Waals surface area (Å²) in [5.74, 6) is 4.08. The van der Waals surface area contributed by atoms with Crippen LogP contribution in [0.2, 0.25) is 5.02 Å². The van der Waals surface area contributed by atoms with E-state index >= 15 is 0 Å². The zero-order chi connectivity index (χ0) is 20.5. The van der Waals surface area contributed by atoms with Crippen LogP contribution in [-0.2, 0) is 6.42 Å². The van der Waals surface area contributed by atoms with Gasteiger partial charge in [-0.05, 0) is 42.8 Å². The van der Waals surface area contributed by atoms with Crippen LogP contribution in [0.3, 0.4) is 0 Å². The monoisotopic (exact) mass is 419 g/mol. The topological polar surface area (TPSA) is 53.7 Å². The first-order valence-electron chi connectivity index (χ1n) is 9.53. The molecular formula is C24H18ClNO4. The van der Waals surface area contributed by atoms with Crippen LogP contribution >= 0.6 is 11.6 Å². The summed E-state index contributed by atoms with van der Waals surface area (Å²) in [4.78, 5) is 4.67. The van der Waals surface area contributed by atoms with Gasteiger partial charge in [-0.2, -0.15) is 0 Å². The average molecular weight is 420 g/mol. The van der Waals surface area contributed by atoms with Crippen LogP contribution in [-0.4, -0.2) is 11.8 Å². The van der Waals surface area contributed by atoms with Crippen molar-refractivity contribution in [2.75, 3.05) is 6.79 Å². The molecule has 1 aliphatic heterocycles. The molecule has 2 heterocycles. The molecule has 0 amide bonds. The summed E-state index contributed by atoms with van der Waals surface area (Å²) in [6.07, 6.45) is 0.642. The first-order valence-corrected chi connectivity index (χ1v) is 9.91. The van der Waals surface area contributed by atoms with Crippen LogP contribution in [0.15, 0.2) is 71.1 Å². The highest BCUT2D eigenvalue weighted by atomic mass is 35.5. The molecule has 0 fully saturated rings. The SMILES string of the molecule is Cc1oc(-c2cc3c(cc2Cl)OCO3)nc1Cc1ccc(Oc2ccccc2)cc1. The van der Waals surface area contributed by atoms with Crippen molar-refractivity contribution in [1.29, 1.82) is 0 Å². The van der Waals surface area contributed by atoms with Gasteiger partial charge in [-0.25, -0.2) is 4.98 Å². The van der Waals surface area contributed by atoms with Crippen LogP contribution in [0, 0.1) is 6.92 Å². The van der Waals surface area contributed by atoms with Crippen LogP contribution in [0.25, 0.3) is 11.5 Å². The van der Waals surface area contributed by atoms with E-state index in [4.69, 9.17) is 30.2 Å². The minimum atomic E-state index is 0.189. The maximum atomic E-state index is 6.40. The van der Waals surface area contributed by atoms with Gasteiger partial charge in [-0.1, -0.05) is 41.9 Å². The average Bonchev–Trinajstić information content (AvgIpc) is 3.35. The number of hydrogen-bond donors (Lipinski definition) is 0. The van der Waals surface area contributed by atoms with Crippen molar-refractivity contribution in [2.24, 2.45) is 0 Å². The highest BCUT2D eigenvalue weighted by Crippen LogP contribution is 2.41. The summed E-state index contributed by atoms with van der Waals surface area (Å²) >= 11 is 6.40. The van der Waals surface area contributed by atoms with Gasteiger partial charge < -0.3 is 18.6 Å². The molecule has 0 bridgehead atoms. The minimum Gasteiger partial charge on any atom is -0.457 e. The van der Waals surface area contributed by atoms with Crippen LogP contribution < -0.4 is 14.2 Å². The molecule has 5 nitrogen and oxygen atoms in total. The van der Waals surface area contributed by atoms with E-state index in [0.29, 0.717) is 34.4 Å². The Kier molecular flexibility index (Phi) is 4.81. The number of aryl methyl sites for hydroxylation is 1. The van der Waals surface area contributed by atoms with Crippen LogP contribution in [0.1, 0.15) is 17.0 Å². The smallest absolute Gasteiger partial charge is 0.231 e. The third kappa shape index (κ3) is 3.72. The second-order valence-corrected chi connectivity index (χ2v) is 7.35. The molecule has 6 heteroatoms. The molecule has 0 atom stereocenters. The normalized spacial score (nSPS) is 12.2. The molecule has 30 heavy (non-hydrogen) atoms. The lowest BCUT2D eigenvalue weighted by Crippen LogP contribution is -1.92.